The molecule has 1 saturated heterocycles. The lowest BCUT2D eigenvalue weighted by Gasteiger charge is -2.30. The first kappa shape index (κ1) is 12.3. The minimum absolute atomic E-state index is 0.536. The van der Waals surface area contributed by atoms with Gasteiger partial charge in [-0.3, -0.25) is 4.90 Å². The van der Waals surface area contributed by atoms with Gasteiger partial charge in [0, 0.05) is 5.38 Å². The summed E-state index contributed by atoms with van der Waals surface area (Å²) in [5.41, 5.74) is 1.02. The fourth-order valence-corrected chi connectivity index (χ4v) is 3.29. The smallest absolute Gasteiger partial charge is 0.107 e. The van der Waals surface area contributed by atoms with E-state index in [0.717, 1.165) is 18.2 Å². The number of aromatic nitrogens is 1. The zero-order chi connectivity index (χ0) is 11.4. The number of rotatable bonds is 4. The van der Waals surface area contributed by atoms with Gasteiger partial charge in [-0.05, 0) is 31.8 Å². The first-order chi connectivity index (χ1) is 7.81. The molecule has 2 nitrogen and oxygen atoms in total. The van der Waals surface area contributed by atoms with Crippen molar-refractivity contribution in [2.75, 3.05) is 13.1 Å². The van der Waals surface area contributed by atoms with E-state index >= 15 is 0 Å². The first-order valence-corrected chi connectivity index (χ1v) is 7.44. The predicted molar refractivity (Wildman–Crippen MR) is 70.0 cm³/mol. The molecule has 1 aromatic heterocycles. The van der Waals surface area contributed by atoms with Crippen LogP contribution in [0.4, 0.5) is 0 Å². The highest BCUT2D eigenvalue weighted by Crippen LogP contribution is 2.22. The van der Waals surface area contributed by atoms with E-state index in [0.29, 0.717) is 5.88 Å². The lowest BCUT2D eigenvalue weighted by molar-refractivity contribution is 0.175. The van der Waals surface area contributed by atoms with Crippen LogP contribution in [0.5, 0.6) is 0 Å². The van der Waals surface area contributed by atoms with Crippen LogP contribution in [0.3, 0.4) is 0 Å². The normalized spacial score (nSPS) is 19.1. The number of alkyl halides is 1. The molecule has 0 radical (unpaired) electrons. The van der Waals surface area contributed by atoms with Gasteiger partial charge in [0.15, 0.2) is 0 Å². The monoisotopic (exact) mass is 258 g/mol. The topological polar surface area (TPSA) is 16.1 Å². The van der Waals surface area contributed by atoms with Crippen molar-refractivity contribution < 1.29 is 0 Å². The van der Waals surface area contributed by atoms with Crippen LogP contribution in [-0.2, 0) is 12.4 Å². The Balaban J connectivity index is 1.82. The molecule has 0 aromatic carbocycles. The Kier molecular flexibility index (Phi) is 4.62. The molecule has 0 amide bonds. The summed E-state index contributed by atoms with van der Waals surface area (Å²) < 4.78 is 0. The molecule has 2 rings (SSSR count). The molecule has 0 unspecified atom stereocenters. The van der Waals surface area contributed by atoms with Gasteiger partial charge in [-0.1, -0.05) is 13.3 Å². The fraction of sp³-hybridized carbons (Fsp3) is 0.750. The lowest BCUT2D eigenvalue weighted by atomic mass is 9.94. The van der Waals surface area contributed by atoms with Crippen LogP contribution in [0.1, 0.15) is 36.9 Å². The van der Waals surface area contributed by atoms with Crippen LogP contribution < -0.4 is 0 Å². The van der Waals surface area contributed by atoms with Crippen molar-refractivity contribution in [3.05, 3.63) is 16.1 Å². The van der Waals surface area contributed by atoms with E-state index in [4.69, 9.17) is 11.6 Å². The lowest BCUT2D eigenvalue weighted by Crippen LogP contribution is -2.32. The van der Waals surface area contributed by atoms with Gasteiger partial charge in [0.05, 0.1) is 18.1 Å². The third-order valence-electron chi connectivity index (χ3n) is 3.38. The highest BCUT2D eigenvalue weighted by Gasteiger charge is 2.18. The van der Waals surface area contributed by atoms with E-state index in [1.165, 1.54) is 37.4 Å². The first-order valence-electron chi connectivity index (χ1n) is 6.03. The number of nitrogens with zero attached hydrogens (tertiary/aromatic N) is 2. The molecule has 1 aliphatic rings. The van der Waals surface area contributed by atoms with Crippen LogP contribution in [0, 0.1) is 5.92 Å². The van der Waals surface area contributed by atoms with Gasteiger partial charge in [-0.25, -0.2) is 4.98 Å². The van der Waals surface area contributed by atoms with Crippen LogP contribution in [0.25, 0.3) is 0 Å². The number of hydrogen-bond acceptors (Lipinski definition) is 3. The summed E-state index contributed by atoms with van der Waals surface area (Å²) in [6.45, 7) is 5.77. The van der Waals surface area contributed by atoms with Gasteiger partial charge in [-0.15, -0.1) is 22.9 Å². The third kappa shape index (κ3) is 3.19. The van der Waals surface area contributed by atoms with Crippen molar-refractivity contribution in [3.8, 4) is 0 Å². The Morgan fingerprint density at radius 1 is 1.50 bits per heavy atom. The van der Waals surface area contributed by atoms with E-state index in [2.05, 4.69) is 22.2 Å². The number of thiazole rings is 1. The maximum atomic E-state index is 5.75. The Morgan fingerprint density at radius 2 is 2.25 bits per heavy atom. The van der Waals surface area contributed by atoms with Gasteiger partial charge in [0.2, 0.25) is 0 Å². The molecule has 0 bridgehead atoms. The predicted octanol–water partition coefficient (Wildman–Crippen LogP) is 3.50. The van der Waals surface area contributed by atoms with E-state index < -0.39 is 0 Å². The molecule has 0 atom stereocenters. The van der Waals surface area contributed by atoms with E-state index in [1.54, 1.807) is 11.3 Å². The van der Waals surface area contributed by atoms with Gasteiger partial charge in [-0.2, -0.15) is 0 Å². The Hall–Kier alpha value is -0.120. The number of hydrogen-bond donors (Lipinski definition) is 0. The standard InChI is InChI=1S/C12H19ClN2S/c1-2-10-3-5-15(6-4-10)8-12-14-11(7-13)9-16-12/h9-10H,2-8H2,1H3. The van der Waals surface area contributed by atoms with Crippen molar-refractivity contribution in [1.29, 1.82) is 0 Å². The molecule has 0 aliphatic carbocycles. The van der Waals surface area contributed by atoms with Crippen molar-refractivity contribution in [2.45, 2.75) is 38.6 Å². The van der Waals surface area contributed by atoms with Crippen LogP contribution in [0.15, 0.2) is 5.38 Å². The molecule has 1 fully saturated rings. The maximum absolute atomic E-state index is 5.75. The maximum Gasteiger partial charge on any atom is 0.107 e. The fourth-order valence-electron chi connectivity index (χ4n) is 2.23. The molecule has 4 heteroatoms. The zero-order valence-corrected chi connectivity index (χ0v) is 11.4. The summed E-state index contributed by atoms with van der Waals surface area (Å²) in [7, 11) is 0. The molecule has 0 spiro atoms. The largest absolute Gasteiger partial charge is 0.297 e. The van der Waals surface area contributed by atoms with E-state index in [9.17, 15) is 0 Å². The quantitative estimate of drug-likeness (QED) is 0.769. The third-order valence-corrected chi connectivity index (χ3v) is 4.54. The molecule has 90 valence electrons. The van der Waals surface area contributed by atoms with Gasteiger partial charge < -0.3 is 0 Å². The van der Waals surface area contributed by atoms with Crippen molar-refractivity contribution >= 4 is 22.9 Å². The van der Waals surface area contributed by atoms with Gasteiger partial charge in [0.1, 0.15) is 5.01 Å². The molecule has 0 N–H and O–H groups in total. The summed E-state index contributed by atoms with van der Waals surface area (Å²) in [5.74, 6) is 1.49. The summed E-state index contributed by atoms with van der Waals surface area (Å²) in [4.78, 5) is 7.02. The van der Waals surface area contributed by atoms with Crippen molar-refractivity contribution in [1.82, 2.24) is 9.88 Å². The van der Waals surface area contributed by atoms with E-state index in [-0.39, 0.29) is 0 Å². The molecule has 16 heavy (non-hydrogen) atoms. The Bertz CT molecular complexity index is 319. The molecule has 2 heterocycles. The van der Waals surface area contributed by atoms with Crippen LogP contribution in [0.2, 0.25) is 0 Å². The molecule has 0 saturated carbocycles. The minimum Gasteiger partial charge on any atom is -0.297 e. The second-order valence-corrected chi connectivity index (χ2v) is 5.70. The molecule has 1 aromatic rings. The number of halogens is 1. The molecular formula is C12H19ClN2S. The van der Waals surface area contributed by atoms with Crippen molar-refractivity contribution in [2.24, 2.45) is 5.92 Å². The van der Waals surface area contributed by atoms with Crippen LogP contribution >= 0.6 is 22.9 Å². The van der Waals surface area contributed by atoms with E-state index in [1.807, 2.05) is 0 Å². The molecular weight excluding hydrogens is 240 g/mol. The minimum atomic E-state index is 0.536. The van der Waals surface area contributed by atoms with Crippen LogP contribution in [-0.4, -0.2) is 23.0 Å². The summed E-state index contributed by atoms with van der Waals surface area (Å²) in [5, 5.41) is 3.28. The average Bonchev–Trinajstić information content (AvgIpc) is 2.78. The molecule has 1 aliphatic heterocycles. The Morgan fingerprint density at radius 3 is 2.81 bits per heavy atom. The van der Waals surface area contributed by atoms with Crippen molar-refractivity contribution in [3.63, 3.8) is 0 Å². The number of likely N-dealkylation sites (tertiary alicyclic amines) is 1. The average molecular weight is 259 g/mol. The Labute approximate surface area is 107 Å². The zero-order valence-electron chi connectivity index (χ0n) is 9.79. The highest BCUT2D eigenvalue weighted by molar-refractivity contribution is 7.09. The summed E-state index contributed by atoms with van der Waals surface area (Å²) in [6, 6.07) is 0. The second kappa shape index (κ2) is 5.99. The summed E-state index contributed by atoms with van der Waals surface area (Å²) in [6.07, 6.45) is 4.04. The number of piperidine rings is 1. The highest BCUT2D eigenvalue weighted by atomic mass is 35.5. The van der Waals surface area contributed by atoms with Gasteiger partial charge in [0.25, 0.3) is 0 Å². The van der Waals surface area contributed by atoms with Gasteiger partial charge >= 0.3 is 0 Å². The summed E-state index contributed by atoms with van der Waals surface area (Å²) >= 11 is 7.49. The SMILES string of the molecule is CCC1CCN(Cc2nc(CCl)cs2)CC1. The second-order valence-electron chi connectivity index (χ2n) is 4.49.